The first-order valence-corrected chi connectivity index (χ1v) is 8.33. The number of thioether (sulfide) groups is 1. The molecule has 0 saturated carbocycles. The van der Waals surface area contributed by atoms with Crippen molar-refractivity contribution in [2.45, 2.75) is 11.3 Å². The SMILES string of the molecule is Cn1ccc(C(=O)N2CCCSc3ccc(Cl)cc32)cc1=O. The lowest BCUT2D eigenvalue weighted by Crippen LogP contribution is -2.33. The number of hydrogen-bond acceptors (Lipinski definition) is 3. The van der Waals surface area contributed by atoms with Crippen LogP contribution in [0.1, 0.15) is 16.8 Å². The van der Waals surface area contributed by atoms with Gasteiger partial charge in [-0.3, -0.25) is 9.59 Å². The molecule has 0 saturated heterocycles. The molecule has 1 aromatic heterocycles. The number of carbonyl (C=O) groups excluding carboxylic acids is 1. The van der Waals surface area contributed by atoms with Crippen LogP contribution in [0.25, 0.3) is 0 Å². The Labute approximate surface area is 137 Å². The third kappa shape index (κ3) is 2.91. The third-order valence-corrected chi connectivity index (χ3v) is 4.98. The smallest absolute Gasteiger partial charge is 0.258 e. The number of aromatic nitrogens is 1. The summed E-state index contributed by atoms with van der Waals surface area (Å²) in [7, 11) is 1.66. The standard InChI is InChI=1S/C16H15ClN2O2S/c1-18-7-5-11(9-15(18)20)16(21)19-6-2-8-22-14-4-3-12(17)10-13(14)19/h3-5,7,9-10H,2,6,8H2,1H3. The van der Waals surface area contributed by atoms with Gasteiger partial charge in [0.05, 0.1) is 5.69 Å². The Morgan fingerprint density at radius 2 is 2.09 bits per heavy atom. The summed E-state index contributed by atoms with van der Waals surface area (Å²) in [6.45, 7) is 0.619. The molecule has 0 unspecified atom stereocenters. The van der Waals surface area contributed by atoms with Gasteiger partial charge in [0.25, 0.3) is 11.5 Å². The first-order chi connectivity index (χ1) is 10.6. The second kappa shape index (κ2) is 6.18. The first kappa shape index (κ1) is 15.2. The fourth-order valence-corrected chi connectivity index (χ4v) is 3.54. The Kier molecular flexibility index (Phi) is 4.27. The lowest BCUT2D eigenvalue weighted by molar-refractivity contribution is 0.0986. The van der Waals surface area contributed by atoms with Crippen molar-refractivity contribution >= 4 is 35.0 Å². The summed E-state index contributed by atoms with van der Waals surface area (Å²) in [6.07, 6.45) is 2.51. The minimum atomic E-state index is -0.193. The van der Waals surface area contributed by atoms with Crippen LogP contribution >= 0.6 is 23.4 Å². The van der Waals surface area contributed by atoms with Gasteiger partial charge in [-0.1, -0.05) is 11.6 Å². The second-order valence-corrected chi connectivity index (χ2v) is 6.71. The lowest BCUT2D eigenvalue weighted by Gasteiger charge is -2.22. The zero-order valence-corrected chi connectivity index (χ0v) is 13.7. The molecule has 3 rings (SSSR count). The van der Waals surface area contributed by atoms with Gasteiger partial charge >= 0.3 is 0 Å². The number of anilines is 1. The van der Waals surface area contributed by atoms with E-state index in [4.69, 9.17) is 11.6 Å². The van der Waals surface area contributed by atoms with Crippen LogP contribution in [0.15, 0.2) is 46.2 Å². The molecule has 1 amide bonds. The van der Waals surface area contributed by atoms with Gasteiger partial charge in [0.1, 0.15) is 0 Å². The largest absolute Gasteiger partial charge is 0.319 e. The predicted molar refractivity (Wildman–Crippen MR) is 90.2 cm³/mol. The maximum atomic E-state index is 12.8. The van der Waals surface area contributed by atoms with Gasteiger partial charge in [-0.15, -0.1) is 11.8 Å². The molecule has 0 radical (unpaired) electrons. The molecule has 0 N–H and O–H groups in total. The van der Waals surface area contributed by atoms with Crippen LogP contribution in [0.2, 0.25) is 5.02 Å². The molecule has 0 aliphatic carbocycles. The zero-order chi connectivity index (χ0) is 15.7. The van der Waals surface area contributed by atoms with E-state index in [1.807, 2.05) is 18.2 Å². The Bertz CT molecular complexity index is 788. The van der Waals surface area contributed by atoms with Crippen molar-refractivity contribution in [1.82, 2.24) is 4.57 Å². The number of hydrogen-bond donors (Lipinski definition) is 0. The molecule has 0 spiro atoms. The normalized spacial score (nSPS) is 14.4. The maximum Gasteiger partial charge on any atom is 0.258 e. The van der Waals surface area contributed by atoms with Crippen molar-refractivity contribution in [3.63, 3.8) is 0 Å². The number of benzene rings is 1. The van der Waals surface area contributed by atoms with E-state index in [-0.39, 0.29) is 11.5 Å². The molecule has 0 bridgehead atoms. The van der Waals surface area contributed by atoms with Crippen LogP contribution in [0.5, 0.6) is 0 Å². The fraction of sp³-hybridized carbons (Fsp3) is 0.250. The molecular weight excluding hydrogens is 320 g/mol. The van der Waals surface area contributed by atoms with Gasteiger partial charge < -0.3 is 9.47 Å². The molecule has 4 nitrogen and oxygen atoms in total. The summed E-state index contributed by atoms with van der Waals surface area (Å²) < 4.78 is 1.44. The van der Waals surface area contributed by atoms with Gasteiger partial charge in [0.2, 0.25) is 0 Å². The Morgan fingerprint density at radius 1 is 1.27 bits per heavy atom. The average molecular weight is 335 g/mol. The lowest BCUT2D eigenvalue weighted by atomic mass is 10.2. The second-order valence-electron chi connectivity index (χ2n) is 5.14. The molecule has 0 fully saturated rings. The molecule has 1 aliphatic rings. The summed E-state index contributed by atoms with van der Waals surface area (Å²) in [5.41, 5.74) is 1.03. The fourth-order valence-electron chi connectivity index (χ4n) is 2.40. The quantitative estimate of drug-likeness (QED) is 0.804. The number of rotatable bonds is 1. The van der Waals surface area contributed by atoms with Crippen molar-refractivity contribution < 1.29 is 4.79 Å². The summed E-state index contributed by atoms with van der Waals surface area (Å²) in [4.78, 5) is 27.3. The summed E-state index contributed by atoms with van der Waals surface area (Å²) >= 11 is 7.81. The highest BCUT2D eigenvalue weighted by molar-refractivity contribution is 7.99. The molecular formula is C16H15ClN2O2S. The number of halogens is 1. The van der Waals surface area contributed by atoms with E-state index >= 15 is 0 Å². The number of carbonyl (C=O) groups is 1. The summed E-state index contributed by atoms with van der Waals surface area (Å²) in [5, 5.41) is 0.600. The highest BCUT2D eigenvalue weighted by Gasteiger charge is 2.23. The minimum absolute atomic E-state index is 0.163. The highest BCUT2D eigenvalue weighted by Crippen LogP contribution is 2.36. The van der Waals surface area contributed by atoms with E-state index in [1.165, 1.54) is 10.6 Å². The number of fused-ring (bicyclic) bond motifs is 1. The topological polar surface area (TPSA) is 42.3 Å². The Balaban J connectivity index is 2.03. The molecule has 1 aromatic carbocycles. The van der Waals surface area contributed by atoms with Crippen molar-refractivity contribution in [1.29, 1.82) is 0 Å². The van der Waals surface area contributed by atoms with E-state index in [1.54, 1.807) is 36.0 Å². The maximum absolute atomic E-state index is 12.8. The Hall–Kier alpha value is -1.72. The molecule has 2 aromatic rings. The third-order valence-electron chi connectivity index (χ3n) is 3.59. The number of nitrogens with zero attached hydrogens (tertiary/aromatic N) is 2. The number of aryl methyl sites for hydroxylation is 1. The zero-order valence-electron chi connectivity index (χ0n) is 12.1. The summed E-state index contributed by atoms with van der Waals surface area (Å²) in [5.74, 6) is 0.790. The van der Waals surface area contributed by atoms with Crippen molar-refractivity contribution in [3.8, 4) is 0 Å². The minimum Gasteiger partial charge on any atom is -0.319 e. The summed E-state index contributed by atoms with van der Waals surface area (Å²) in [6, 6.07) is 8.64. The number of pyridine rings is 1. The van der Waals surface area contributed by atoms with Crippen molar-refractivity contribution in [2.75, 3.05) is 17.2 Å². The molecule has 0 atom stereocenters. The van der Waals surface area contributed by atoms with E-state index in [0.29, 0.717) is 17.1 Å². The van der Waals surface area contributed by atoms with Gasteiger partial charge in [-0.25, -0.2) is 0 Å². The van der Waals surface area contributed by atoms with Gasteiger partial charge in [0, 0.05) is 41.3 Å². The van der Waals surface area contributed by atoms with Crippen LogP contribution in [0, 0.1) is 0 Å². The van der Waals surface area contributed by atoms with Crippen LogP contribution in [-0.2, 0) is 7.05 Å². The Morgan fingerprint density at radius 3 is 2.86 bits per heavy atom. The monoisotopic (exact) mass is 334 g/mol. The molecule has 22 heavy (non-hydrogen) atoms. The van der Waals surface area contributed by atoms with Crippen LogP contribution in [0.4, 0.5) is 5.69 Å². The molecule has 114 valence electrons. The van der Waals surface area contributed by atoms with Gasteiger partial charge in [0.15, 0.2) is 0 Å². The molecule has 2 heterocycles. The van der Waals surface area contributed by atoms with Crippen LogP contribution < -0.4 is 10.5 Å². The average Bonchev–Trinajstić information content (AvgIpc) is 2.71. The van der Waals surface area contributed by atoms with Gasteiger partial charge in [-0.05, 0) is 36.4 Å². The molecule has 1 aliphatic heterocycles. The van der Waals surface area contributed by atoms with E-state index < -0.39 is 0 Å². The van der Waals surface area contributed by atoms with Crippen LogP contribution in [0.3, 0.4) is 0 Å². The van der Waals surface area contributed by atoms with E-state index in [9.17, 15) is 9.59 Å². The first-order valence-electron chi connectivity index (χ1n) is 6.97. The van der Waals surface area contributed by atoms with E-state index in [0.717, 1.165) is 22.8 Å². The predicted octanol–water partition coefficient (Wildman–Crippen LogP) is 3.18. The van der Waals surface area contributed by atoms with Crippen molar-refractivity contribution in [2.24, 2.45) is 7.05 Å². The van der Waals surface area contributed by atoms with Gasteiger partial charge in [-0.2, -0.15) is 0 Å². The number of amides is 1. The van der Waals surface area contributed by atoms with Crippen LogP contribution in [-0.4, -0.2) is 22.8 Å². The van der Waals surface area contributed by atoms with Crippen molar-refractivity contribution in [3.05, 3.63) is 57.5 Å². The highest BCUT2D eigenvalue weighted by atomic mass is 35.5. The van der Waals surface area contributed by atoms with E-state index in [2.05, 4.69) is 0 Å². The molecule has 6 heteroatoms.